The van der Waals surface area contributed by atoms with E-state index in [0.29, 0.717) is 12.6 Å². The Morgan fingerprint density at radius 3 is 3.04 bits per heavy atom. The molecular weight excluding hydrogens is 292 g/mol. The summed E-state index contributed by atoms with van der Waals surface area (Å²) >= 11 is 0. The first-order valence-corrected chi connectivity index (χ1v) is 8.97. The summed E-state index contributed by atoms with van der Waals surface area (Å²) in [5.41, 5.74) is 2.30. The zero-order valence-corrected chi connectivity index (χ0v) is 14.0. The number of piperidine rings is 1. The fraction of sp³-hybridized carbons (Fsp3) is 0.765. The summed E-state index contributed by atoms with van der Waals surface area (Å²) < 4.78 is 1.88. The highest BCUT2D eigenvalue weighted by atomic mass is 16.3. The molecule has 128 valence electrons. The molecule has 0 saturated carbocycles. The SMILES string of the molecule is CC[C@@H]1CCCCN1C(=O)N[C@H]1CCCc2c1cnn2CCO. The molecule has 1 saturated heterocycles. The Morgan fingerprint density at radius 1 is 1.39 bits per heavy atom. The number of nitrogens with one attached hydrogen (secondary N) is 1. The Balaban J connectivity index is 1.70. The quantitative estimate of drug-likeness (QED) is 0.894. The summed E-state index contributed by atoms with van der Waals surface area (Å²) in [5, 5.41) is 16.8. The number of hydrogen-bond acceptors (Lipinski definition) is 3. The molecule has 3 rings (SSSR count). The monoisotopic (exact) mass is 320 g/mol. The number of amides is 2. The van der Waals surface area contributed by atoms with Gasteiger partial charge in [-0.15, -0.1) is 0 Å². The van der Waals surface area contributed by atoms with E-state index in [9.17, 15) is 4.79 Å². The second-order valence-corrected chi connectivity index (χ2v) is 6.64. The van der Waals surface area contributed by atoms with Crippen LogP contribution in [0.2, 0.25) is 0 Å². The van der Waals surface area contributed by atoms with Gasteiger partial charge in [0.05, 0.1) is 25.4 Å². The molecule has 2 amide bonds. The Morgan fingerprint density at radius 2 is 2.26 bits per heavy atom. The summed E-state index contributed by atoms with van der Waals surface area (Å²) in [7, 11) is 0. The highest BCUT2D eigenvalue weighted by Gasteiger charge is 2.30. The van der Waals surface area contributed by atoms with Crippen LogP contribution in [0, 0.1) is 0 Å². The van der Waals surface area contributed by atoms with Crippen molar-refractivity contribution in [2.75, 3.05) is 13.2 Å². The zero-order valence-electron chi connectivity index (χ0n) is 14.0. The maximum Gasteiger partial charge on any atom is 0.318 e. The fourth-order valence-corrected chi connectivity index (χ4v) is 3.98. The highest BCUT2D eigenvalue weighted by molar-refractivity contribution is 5.75. The van der Waals surface area contributed by atoms with Crippen LogP contribution in [0.3, 0.4) is 0 Å². The van der Waals surface area contributed by atoms with Gasteiger partial charge in [0.1, 0.15) is 0 Å². The lowest BCUT2D eigenvalue weighted by atomic mass is 9.93. The van der Waals surface area contributed by atoms with E-state index >= 15 is 0 Å². The van der Waals surface area contributed by atoms with Crippen molar-refractivity contribution in [3.05, 3.63) is 17.5 Å². The molecule has 2 N–H and O–H groups in total. The summed E-state index contributed by atoms with van der Waals surface area (Å²) in [4.78, 5) is 14.7. The van der Waals surface area contributed by atoms with Gasteiger partial charge in [-0.1, -0.05) is 6.92 Å². The number of aromatic nitrogens is 2. The van der Waals surface area contributed by atoms with E-state index in [1.54, 1.807) is 0 Å². The first-order chi connectivity index (χ1) is 11.2. The number of hydrogen-bond donors (Lipinski definition) is 2. The molecule has 2 aliphatic rings. The van der Waals surface area contributed by atoms with Gasteiger partial charge in [0, 0.05) is 23.8 Å². The lowest BCUT2D eigenvalue weighted by molar-refractivity contribution is 0.145. The summed E-state index contributed by atoms with van der Waals surface area (Å²) in [6, 6.07) is 0.506. The largest absolute Gasteiger partial charge is 0.394 e. The molecule has 0 unspecified atom stereocenters. The number of fused-ring (bicyclic) bond motifs is 1. The molecule has 23 heavy (non-hydrogen) atoms. The summed E-state index contributed by atoms with van der Waals surface area (Å²) in [5.74, 6) is 0. The number of nitrogens with zero attached hydrogens (tertiary/aromatic N) is 3. The zero-order chi connectivity index (χ0) is 16.2. The van der Waals surface area contributed by atoms with Gasteiger partial charge in [0.2, 0.25) is 0 Å². The Kier molecular flexibility index (Phi) is 5.20. The molecule has 0 spiro atoms. The third-order valence-electron chi connectivity index (χ3n) is 5.23. The third-order valence-corrected chi connectivity index (χ3v) is 5.23. The van der Waals surface area contributed by atoms with E-state index in [4.69, 9.17) is 5.11 Å². The Hall–Kier alpha value is -1.56. The molecule has 1 aliphatic heterocycles. The van der Waals surface area contributed by atoms with Crippen molar-refractivity contribution >= 4 is 6.03 Å². The molecule has 2 atom stereocenters. The normalized spacial score (nSPS) is 24.3. The van der Waals surface area contributed by atoms with Crippen LogP contribution in [-0.4, -0.2) is 45.0 Å². The minimum atomic E-state index is 0.0538. The molecule has 0 aromatic carbocycles. The van der Waals surface area contributed by atoms with Crippen molar-refractivity contribution in [2.24, 2.45) is 0 Å². The first-order valence-electron chi connectivity index (χ1n) is 8.97. The van der Waals surface area contributed by atoms with Gasteiger partial charge in [0.15, 0.2) is 0 Å². The van der Waals surface area contributed by atoms with Crippen LogP contribution in [0.4, 0.5) is 4.79 Å². The molecular formula is C17H28N4O2. The average Bonchev–Trinajstić information content (AvgIpc) is 2.99. The average molecular weight is 320 g/mol. The number of likely N-dealkylation sites (tertiary alicyclic amines) is 1. The van der Waals surface area contributed by atoms with Gasteiger partial charge in [-0.2, -0.15) is 5.10 Å². The molecule has 6 nitrogen and oxygen atoms in total. The van der Waals surface area contributed by atoms with Crippen molar-refractivity contribution in [1.29, 1.82) is 0 Å². The molecule has 6 heteroatoms. The second kappa shape index (κ2) is 7.34. The van der Waals surface area contributed by atoms with E-state index in [-0.39, 0.29) is 18.7 Å². The predicted octanol–water partition coefficient (Wildman–Crippen LogP) is 2.23. The first kappa shape index (κ1) is 16.3. The molecule has 0 bridgehead atoms. The highest BCUT2D eigenvalue weighted by Crippen LogP contribution is 2.30. The van der Waals surface area contributed by atoms with E-state index in [1.807, 2.05) is 15.8 Å². The minimum Gasteiger partial charge on any atom is -0.394 e. The van der Waals surface area contributed by atoms with E-state index in [2.05, 4.69) is 17.3 Å². The van der Waals surface area contributed by atoms with Crippen LogP contribution in [0.15, 0.2) is 6.20 Å². The minimum absolute atomic E-state index is 0.0538. The van der Waals surface area contributed by atoms with Crippen molar-refractivity contribution in [3.63, 3.8) is 0 Å². The van der Waals surface area contributed by atoms with E-state index in [0.717, 1.165) is 50.6 Å². The van der Waals surface area contributed by atoms with Gasteiger partial charge >= 0.3 is 6.03 Å². The number of rotatable bonds is 4. The van der Waals surface area contributed by atoms with Crippen LogP contribution in [0.1, 0.15) is 62.7 Å². The van der Waals surface area contributed by atoms with Crippen LogP contribution in [0.5, 0.6) is 0 Å². The van der Waals surface area contributed by atoms with E-state index in [1.165, 1.54) is 12.1 Å². The molecule has 1 aromatic heterocycles. The van der Waals surface area contributed by atoms with Gasteiger partial charge in [-0.25, -0.2) is 4.79 Å². The van der Waals surface area contributed by atoms with Crippen molar-refractivity contribution in [1.82, 2.24) is 20.0 Å². The van der Waals surface area contributed by atoms with Crippen molar-refractivity contribution in [3.8, 4) is 0 Å². The second-order valence-electron chi connectivity index (χ2n) is 6.64. The van der Waals surface area contributed by atoms with Gasteiger partial charge < -0.3 is 15.3 Å². The summed E-state index contributed by atoms with van der Waals surface area (Å²) in [6.45, 7) is 3.65. The predicted molar refractivity (Wildman–Crippen MR) is 88.2 cm³/mol. The molecule has 1 aliphatic carbocycles. The van der Waals surface area contributed by atoms with Crippen LogP contribution < -0.4 is 5.32 Å². The van der Waals surface area contributed by atoms with Crippen LogP contribution in [-0.2, 0) is 13.0 Å². The molecule has 1 aromatic rings. The lowest BCUT2D eigenvalue weighted by Crippen LogP contribution is -2.49. The van der Waals surface area contributed by atoms with Gasteiger partial charge in [-0.3, -0.25) is 4.68 Å². The molecule has 0 radical (unpaired) electrons. The third kappa shape index (κ3) is 3.37. The van der Waals surface area contributed by atoms with Gasteiger partial charge in [0.25, 0.3) is 0 Å². The van der Waals surface area contributed by atoms with E-state index < -0.39 is 0 Å². The van der Waals surface area contributed by atoms with Crippen LogP contribution in [0.25, 0.3) is 0 Å². The lowest BCUT2D eigenvalue weighted by Gasteiger charge is -2.36. The summed E-state index contributed by atoms with van der Waals surface area (Å²) in [6.07, 6.45) is 9.33. The van der Waals surface area contributed by atoms with Gasteiger partial charge in [-0.05, 0) is 44.9 Å². The fourth-order valence-electron chi connectivity index (χ4n) is 3.98. The molecule has 1 fully saturated rings. The number of carbonyl (C=O) groups excluding carboxylic acids is 1. The topological polar surface area (TPSA) is 70.4 Å². The molecule has 2 heterocycles. The number of aliphatic hydroxyl groups is 1. The number of urea groups is 1. The smallest absolute Gasteiger partial charge is 0.318 e. The Bertz CT molecular complexity index is 543. The van der Waals surface area contributed by atoms with Crippen molar-refractivity contribution < 1.29 is 9.90 Å². The van der Waals surface area contributed by atoms with Crippen molar-refractivity contribution in [2.45, 2.75) is 70.5 Å². The Labute approximate surface area is 137 Å². The van der Waals surface area contributed by atoms with Crippen LogP contribution >= 0.6 is 0 Å². The maximum absolute atomic E-state index is 12.7. The maximum atomic E-state index is 12.7. The standard InChI is InChI=1S/C17H28N4O2/c1-2-13-6-3-4-9-20(13)17(23)19-15-7-5-8-16-14(15)12-18-21(16)10-11-22/h12-13,15,22H,2-11H2,1H3,(H,19,23)/t13-,15+/m1/s1. The number of carbonyl (C=O) groups is 1. The number of aliphatic hydroxyl groups excluding tert-OH is 1.